The second-order valence-electron chi connectivity index (χ2n) is 14.5. The van der Waals surface area contributed by atoms with Crippen LogP contribution in [-0.4, -0.2) is 9.13 Å². The van der Waals surface area contributed by atoms with Crippen LogP contribution in [-0.2, 0) is 0 Å². The van der Waals surface area contributed by atoms with Crippen LogP contribution in [0.4, 0.5) is 0 Å². The molecule has 0 aliphatic heterocycles. The van der Waals surface area contributed by atoms with Crippen molar-refractivity contribution in [2.45, 2.75) is 0 Å². The fourth-order valence-electron chi connectivity index (χ4n) is 8.90. The van der Waals surface area contributed by atoms with E-state index in [1.165, 1.54) is 102 Å². The predicted octanol–water partition coefficient (Wildman–Crippen LogP) is 14.7. The zero-order chi connectivity index (χ0) is 36.0. The molecule has 12 rings (SSSR count). The van der Waals surface area contributed by atoms with Gasteiger partial charge in [0.25, 0.3) is 0 Å². The van der Waals surface area contributed by atoms with Gasteiger partial charge in [0.15, 0.2) is 0 Å². The first-order valence-electron chi connectivity index (χ1n) is 18.8. The van der Waals surface area contributed by atoms with Gasteiger partial charge < -0.3 is 9.13 Å². The van der Waals surface area contributed by atoms with Crippen molar-refractivity contribution in [3.63, 3.8) is 0 Å². The molecule has 0 amide bonds. The van der Waals surface area contributed by atoms with Crippen LogP contribution in [0.1, 0.15) is 0 Å². The largest absolute Gasteiger partial charge is 0.309 e. The summed E-state index contributed by atoms with van der Waals surface area (Å²) < 4.78 is 7.53. The van der Waals surface area contributed by atoms with Crippen molar-refractivity contribution in [2.24, 2.45) is 0 Å². The predicted molar refractivity (Wildman–Crippen MR) is 236 cm³/mol. The maximum atomic E-state index is 2.46. The summed E-state index contributed by atoms with van der Waals surface area (Å²) in [6, 6.07) is 71.3. The van der Waals surface area contributed by atoms with E-state index in [0.29, 0.717) is 0 Å². The maximum Gasteiger partial charge on any atom is 0.0719 e. The lowest BCUT2D eigenvalue weighted by Gasteiger charge is -2.12. The van der Waals surface area contributed by atoms with E-state index < -0.39 is 0 Å². The average Bonchev–Trinajstić information content (AvgIpc) is 3.91. The molecular formula is C52H32N2S. The minimum atomic E-state index is 1.16. The normalized spacial score (nSPS) is 12.0. The van der Waals surface area contributed by atoms with E-state index >= 15 is 0 Å². The Morgan fingerprint density at radius 2 is 0.836 bits per heavy atom. The third kappa shape index (κ3) is 4.60. The highest BCUT2D eigenvalue weighted by atomic mass is 32.1. The molecule has 0 aliphatic carbocycles. The van der Waals surface area contributed by atoms with E-state index in [1.807, 2.05) is 11.3 Å². The number of thiophene rings is 1. The zero-order valence-electron chi connectivity index (χ0n) is 29.8. The van der Waals surface area contributed by atoms with Crippen molar-refractivity contribution < 1.29 is 0 Å². The minimum absolute atomic E-state index is 1.16. The molecule has 0 N–H and O–H groups in total. The minimum Gasteiger partial charge on any atom is -0.309 e. The smallest absolute Gasteiger partial charge is 0.0719 e. The van der Waals surface area contributed by atoms with Gasteiger partial charge in [0, 0.05) is 48.4 Å². The van der Waals surface area contributed by atoms with Crippen LogP contribution in [0.3, 0.4) is 0 Å². The van der Waals surface area contributed by atoms with Gasteiger partial charge in [-0.2, -0.15) is 0 Å². The molecule has 3 heterocycles. The van der Waals surface area contributed by atoms with E-state index in [4.69, 9.17) is 0 Å². The highest BCUT2D eigenvalue weighted by Crippen LogP contribution is 2.43. The topological polar surface area (TPSA) is 9.86 Å². The molecule has 0 saturated carbocycles. The van der Waals surface area contributed by atoms with E-state index in [9.17, 15) is 0 Å². The summed E-state index contributed by atoms with van der Waals surface area (Å²) in [5.41, 5.74) is 12.1. The summed E-state index contributed by atoms with van der Waals surface area (Å²) in [7, 11) is 0. The van der Waals surface area contributed by atoms with E-state index in [-0.39, 0.29) is 0 Å². The number of hydrogen-bond acceptors (Lipinski definition) is 1. The molecule has 3 aromatic heterocycles. The fraction of sp³-hybridized carbons (Fsp3) is 0. The highest BCUT2D eigenvalue weighted by Gasteiger charge is 2.18. The van der Waals surface area contributed by atoms with Crippen LogP contribution in [0.25, 0.3) is 108 Å². The molecule has 0 fully saturated rings. The molecule has 0 aliphatic rings. The molecule has 55 heavy (non-hydrogen) atoms. The Labute approximate surface area is 321 Å². The van der Waals surface area contributed by atoms with Gasteiger partial charge in [0.1, 0.15) is 0 Å². The number of aromatic nitrogens is 2. The van der Waals surface area contributed by atoms with Crippen LogP contribution in [0.2, 0.25) is 0 Å². The Morgan fingerprint density at radius 1 is 0.309 bits per heavy atom. The van der Waals surface area contributed by atoms with Crippen LogP contribution in [0.5, 0.6) is 0 Å². The summed E-state index contributed by atoms with van der Waals surface area (Å²) >= 11 is 1.89. The highest BCUT2D eigenvalue weighted by molar-refractivity contribution is 7.26. The first-order valence-corrected chi connectivity index (χ1v) is 19.7. The Bertz CT molecular complexity index is 3470. The lowest BCUT2D eigenvalue weighted by Crippen LogP contribution is -1.95. The van der Waals surface area contributed by atoms with Crippen LogP contribution in [0, 0.1) is 0 Å². The van der Waals surface area contributed by atoms with Gasteiger partial charge in [-0.1, -0.05) is 133 Å². The van der Waals surface area contributed by atoms with Crippen molar-refractivity contribution in [1.82, 2.24) is 9.13 Å². The molecule has 0 radical (unpaired) electrons. The Balaban J connectivity index is 0.933. The number of rotatable bonds is 4. The standard InChI is InChI=1S/C52H32N2S/c1-2-10-36-31-37(18-17-33(36)9-1)38-23-30-49-46(32-38)42-12-4-6-14-47(42)53(49)39-24-19-34(20-25-39)35-21-26-40(27-22-35)54-48-15-7-3-11-41(48)44-28-29-45-43-13-5-8-16-50(43)55-52(45)51(44)54/h1-32H. The van der Waals surface area contributed by atoms with Crippen molar-refractivity contribution in [1.29, 1.82) is 0 Å². The third-order valence-electron chi connectivity index (χ3n) is 11.5. The second kappa shape index (κ2) is 11.8. The summed E-state index contributed by atoms with van der Waals surface area (Å²) in [6.45, 7) is 0. The van der Waals surface area contributed by atoms with Gasteiger partial charge in [0.2, 0.25) is 0 Å². The molecular weight excluding hydrogens is 685 g/mol. The molecule has 0 spiro atoms. The van der Waals surface area contributed by atoms with Gasteiger partial charge in [-0.3, -0.25) is 0 Å². The van der Waals surface area contributed by atoms with Crippen molar-refractivity contribution in [3.8, 4) is 33.6 Å². The van der Waals surface area contributed by atoms with Gasteiger partial charge in [0.05, 0.1) is 26.8 Å². The summed E-state index contributed by atoms with van der Waals surface area (Å²) in [6.07, 6.45) is 0. The molecule has 2 nitrogen and oxygen atoms in total. The quantitative estimate of drug-likeness (QED) is 0.172. The summed E-state index contributed by atoms with van der Waals surface area (Å²) in [5.74, 6) is 0. The summed E-state index contributed by atoms with van der Waals surface area (Å²) in [4.78, 5) is 0. The number of nitrogens with zero attached hydrogens (tertiary/aromatic N) is 2. The van der Waals surface area contributed by atoms with Gasteiger partial charge in [-0.15, -0.1) is 11.3 Å². The Morgan fingerprint density at radius 3 is 1.60 bits per heavy atom. The maximum absolute atomic E-state index is 2.46. The molecule has 3 heteroatoms. The van der Waals surface area contributed by atoms with Crippen molar-refractivity contribution >= 4 is 85.9 Å². The van der Waals surface area contributed by atoms with Crippen LogP contribution < -0.4 is 0 Å². The Kier molecular flexibility index (Phi) is 6.54. The van der Waals surface area contributed by atoms with Crippen molar-refractivity contribution in [2.75, 3.05) is 0 Å². The molecule has 0 saturated heterocycles. The Hall–Kier alpha value is -6.94. The van der Waals surface area contributed by atoms with Gasteiger partial charge in [-0.25, -0.2) is 0 Å². The SMILES string of the molecule is c1ccc2cc(-c3ccc4c(c3)c3ccccc3n4-c3ccc(-c4ccc(-n5c6ccccc6c6ccc7c8ccccc8sc7c65)cc4)cc3)ccc2c1. The third-order valence-corrected chi connectivity index (χ3v) is 12.7. The van der Waals surface area contributed by atoms with Crippen LogP contribution in [0.15, 0.2) is 194 Å². The summed E-state index contributed by atoms with van der Waals surface area (Å²) in [5, 5.41) is 10.3. The molecule has 256 valence electrons. The fourth-order valence-corrected chi connectivity index (χ4v) is 10.1. The lowest BCUT2D eigenvalue weighted by molar-refractivity contribution is 1.18. The zero-order valence-corrected chi connectivity index (χ0v) is 30.6. The monoisotopic (exact) mass is 716 g/mol. The lowest BCUT2D eigenvalue weighted by atomic mass is 9.99. The van der Waals surface area contributed by atoms with Gasteiger partial charge in [-0.05, 0) is 93.7 Å². The van der Waals surface area contributed by atoms with E-state index in [0.717, 1.165) is 5.69 Å². The molecule has 0 unspecified atom stereocenters. The first kappa shape index (κ1) is 30.5. The average molecular weight is 717 g/mol. The van der Waals surface area contributed by atoms with Gasteiger partial charge >= 0.3 is 0 Å². The second-order valence-corrected chi connectivity index (χ2v) is 15.6. The molecule has 9 aromatic carbocycles. The number of benzene rings is 9. The number of fused-ring (bicyclic) bond motifs is 11. The number of hydrogen-bond donors (Lipinski definition) is 0. The van der Waals surface area contributed by atoms with Crippen LogP contribution >= 0.6 is 11.3 Å². The first-order chi connectivity index (χ1) is 27.3. The molecule has 0 atom stereocenters. The van der Waals surface area contributed by atoms with E-state index in [2.05, 4.69) is 203 Å². The number of para-hydroxylation sites is 2. The van der Waals surface area contributed by atoms with E-state index in [1.54, 1.807) is 0 Å². The van der Waals surface area contributed by atoms with Crippen molar-refractivity contribution in [3.05, 3.63) is 194 Å². The molecule has 12 aromatic rings. The molecule has 0 bridgehead atoms.